The second-order valence-corrected chi connectivity index (χ2v) is 6.79. The van der Waals surface area contributed by atoms with Crippen LogP contribution < -0.4 is 10.1 Å². The van der Waals surface area contributed by atoms with Gasteiger partial charge in [0.15, 0.2) is 5.78 Å². The maximum Gasteiger partial charge on any atom is 0.336 e. The number of dihydropyridines is 1. The Balaban J connectivity index is 2.17. The largest absolute Gasteiger partial charge is 0.495 e. The molecule has 2 aliphatic rings. The highest BCUT2D eigenvalue weighted by Gasteiger charge is 2.39. The summed E-state index contributed by atoms with van der Waals surface area (Å²) in [4.78, 5) is 25.4. The summed E-state index contributed by atoms with van der Waals surface area (Å²) >= 11 is 6.31. The van der Waals surface area contributed by atoms with Gasteiger partial charge in [0.05, 0.1) is 24.3 Å². The molecule has 1 aromatic carbocycles. The van der Waals surface area contributed by atoms with E-state index in [4.69, 9.17) is 21.1 Å². The van der Waals surface area contributed by atoms with Crippen molar-refractivity contribution in [3.8, 4) is 5.75 Å². The predicted octanol–water partition coefficient (Wildman–Crippen LogP) is 3.88. The molecule has 138 valence electrons. The number of allylic oxidation sites excluding steroid dienone is 3. The number of hydrogen-bond acceptors (Lipinski definition) is 5. The smallest absolute Gasteiger partial charge is 0.336 e. The Morgan fingerprint density at radius 1 is 1.35 bits per heavy atom. The predicted molar refractivity (Wildman–Crippen MR) is 99.1 cm³/mol. The summed E-state index contributed by atoms with van der Waals surface area (Å²) in [5, 5.41) is 3.69. The third-order valence-electron chi connectivity index (χ3n) is 4.78. The molecule has 1 N–H and O–H groups in total. The van der Waals surface area contributed by atoms with Crippen molar-refractivity contribution in [1.29, 1.82) is 0 Å². The summed E-state index contributed by atoms with van der Waals surface area (Å²) in [6.07, 6.45) is 2.08. The maximum absolute atomic E-state index is 12.7. The third kappa shape index (κ3) is 3.23. The first-order valence-corrected chi connectivity index (χ1v) is 9.10. The number of nitrogens with one attached hydrogen (secondary N) is 1. The van der Waals surface area contributed by atoms with Gasteiger partial charge in [-0.05, 0) is 44.4 Å². The quantitative estimate of drug-likeness (QED) is 0.809. The molecule has 5 nitrogen and oxygen atoms in total. The molecular formula is C20H22ClNO4. The molecule has 0 unspecified atom stereocenters. The number of ketones is 1. The molecule has 0 fully saturated rings. The molecule has 0 bridgehead atoms. The van der Waals surface area contributed by atoms with E-state index in [1.54, 1.807) is 26.2 Å². The van der Waals surface area contributed by atoms with Crippen LogP contribution in [0.3, 0.4) is 0 Å². The molecule has 0 saturated carbocycles. The molecule has 0 amide bonds. The van der Waals surface area contributed by atoms with Crippen LogP contribution >= 0.6 is 11.6 Å². The third-order valence-corrected chi connectivity index (χ3v) is 5.08. The summed E-state index contributed by atoms with van der Waals surface area (Å²) in [7, 11) is 1.55. The second kappa shape index (κ2) is 7.54. The maximum atomic E-state index is 12.7. The van der Waals surface area contributed by atoms with Crippen molar-refractivity contribution in [3.05, 3.63) is 51.3 Å². The number of methoxy groups -OCH3 is 1. The minimum absolute atomic E-state index is 0.0602. The number of esters is 1. The van der Waals surface area contributed by atoms with Crippen molar-refractivity contribution in [1.82, 2.24) is 5.32 Å². The van der Waals surface area contributed by atoms with E-state index >= 15 is 0 Å². The van der Waals surface area contributed by atoms with Gasteiger partial charge in [-0.2, -0.15) is 0 Å². The van der Waals surface area contributed by atoms with Gasteiger partial charge in [0.1, 0.15) is 5.75 Å². The number of carbonyl (C=O) groups is 2. The monoisotopic (exact) mass is 375 g/mol. The Bertz CT molecular complexity index is 825. The minimum atomic E-state index is -0.485. The topological polar surface area (TPSA) is 64.6 Å². The number of Topliss-reactive ketones (excluding diaryl/α,β-unsaturated/α-hetero) is 1. The van der Waals surface area contributed by atoms with Gasteiger partial charge >= 0.3 is 5.97 Å². The molecule has 3 rings (SSSR count). The van der Waals surface area contributed by atoms with Crippen molar-refractivity contribution in [3.63, 3.8) is 0 Å². The first-order valence-electron chi connectivity index (χ1n) is 8.72. The molecule has 0 spiro atoms. The van der Waals surface area contributed by atoms with Crippen LogP contribution in [-0.2, 0) is 14.3 Å². The van der Waals surface area contributed by atoms with Gasteiger partial charge in [0.25, 0.3) is 0 Å². The highest BCUT2D eigenvalue weighted by molar-refractivity contribution is 6.32. The van der Waals surface area contributed by atoms with E-state index in [1.165, 1.54) is 0 Å². The number of halogens is 1. The van der Waals surface area contributed by atoms with E-state index in [-0.39, 0.29) is 12.4 Å². The molecule has 1 aliphatic heterocycles. The summed E-state index contributed by atoms with van der Waals surface area (Å²) in [6, 6.07) is 5.36. The van der Waals surface area contributed by atoms with Gasteiger partial charge in [-0.25, -0.2) is 4.79 Å². The molecule has 6 heteroatoms. The Labute approximate surface area is 158 Å². The second-order valence-electron chi connectivity index (χ2n) is 6.38. The fourth-order valence-electron chi connectivity index (χ4n) is 3.66. The summed E-state index contributed by atoms with van der Waals surface area (Å²) in [5.41, 5.74) is 3.49. The number of carbonyl (C=O) groups excluding carboxylic acids is 2. The standard InChI is InChI=1S/C20H22ClNO4/c1-4-26-20(24)17-11(2)22-14-6-5-7-15(23)19(14)18(17)12-8-9-16(25-3)13(21)10-12/h8-10,18,22H,4-7H2,1-3H3/t18-/m1/s1. The normalized spacial score (nSPS) is 19.8. The van der Waals surface area contributed by atoms with Crippen LogP contribution in [0.2, 0.25) is 5.02 Å². The molecule has 0 aromatic heterocycles. The number of rotatable bonds is 4. The van der Waals surface area contributed by atoms with Crippen LogP contribution in [0.15, 0.2) is 40.7 Å². The average molecular weight is 376 g/mol. The van der Waals surface area contributed by atoms with E-state index in [2.05, 4.69) is 5.32 Å². The number of benzene rings is 1. The van der Waals surface area contributed by atoms with Crippen LogP contribution in [0.25, 0.3) is 0 Å². The van der Waals surface area contributed by atoms with E-state index in [0.29, 0.717) is 34.0 Å². The van der Waals surface area contributed by atoms with Crippen molar-refractivity contribution >= 4 is 23.4 Å². The van der Waals surface area contributed by atoms with Gasteiger partial charge in [0.2, 0.25) is 0 Å². The van der Waals surface area contributed by atoms with Crippen LogP contribution in [0.1, 0.15) is 44.6 Å². The van der Waals surface area contributed by atoms with E-state index in [9.17, 15) is 9.59 Å². The lowest BCUT2D eigenvalue weighted by Gasteiger charge is -2.34. The first kappa shape index (κ1) is 18.5. The fraction of sp³-hybridized carbons (Fsp3) is 0.400. The Hall–Kier alpha value is -2.27. The number of hydrogen-bond donors (Lipinski definition) is 1. The molecule has 26 heavy (non-hydrogen) atoms. The lowest BCUT2D eigenvalue weighted by atomic mass is 9.75. The van der Waals surface area contributed by atoms with Gasteiger partial charge in [-0.15, -0.1) is 0 Å². The Morgan fingerprint density at radius 2 is 2.12 bits per heavy atom. The summed E-state index contributed by atoms with van der Waals surface area (Å²) < 4.78 is 10.5. The van der Waals surface area contributed by atoms with Crippen molar-refractivity contribution in [2.75, 3.05) is 13.7 Å². The van der Waals surface area contributed by atoms with Crippen molar-refractivity contribution < 1.29 is 19.1 Å². The van der Waals surface area contributed by atoms with E-state index in [0.717, 1.165) is 24.1 Å². The van der Waals surface area contributed by atoms with E-state index < -0.39 is 11.9 Å². The van der Waals surface area contributed by atoms with Gasteiger partial charge < -0.3 is 14.8 Å². The van der Waals surface area contributed by atoms with E-state index in [1.807, 2.05) is 13.0 Å². The average Bonchev–Trinajstić information content (AvgIpc) is 2.60. The molecule has 0 saturated heterocycles. The summed E-state index contributed by atoms with van der Waals surface area (Å²) in [6.45, 7) is 3.87. The zero-order valence-electron chi connectivity index (χ0n) is 15.1. The van der Waals surface area contributed by atoms with Crippen LogP contribution in [0.4, 0.5) is 0 Å². The zero-order valence-corrected chi connectivity index (χ0v) is 15.9. The molecular weight excluding hydrogens is 354 g/mol. The Morgan fingerprint density at radius 3 is 2.77 bits per heavy atom. The van der Waals surface area contributed by atoms with Crippen molar-refractivity contribution in [2.45, 2.75) is 39.0 Å². The van der Waals surface area contributed by atoms with Gasteiger partial charge in [-0.1, -0.05) is 17.7 Å². The fourth-order valence-corrected chi connectivity index (χ4v) is 3.92. The lowest BCUT2D eigenvalue weighted by molar-refractivity contribution is -0.138. The van der Waals surface area contributed by atoms with Gasteiger partial charge in [-0.3, -0.25) is 4.79 Å². The van der Waals surface area contributed by atoms with Gasteiger partial charge in [0, 0.05) is 29.3 Å². The Kier molecular flexibility index (Phi) is 5.37. The molecule has 1 aliphatic carbocycles. The molecule has 0 radical (unpaired) electrons. The molecule has 1 heterocycles. The van der Waals surface area contributed by atoms with Crippen LogP contribution in [0, 0.1) is 0 Å². The van der Waals surface area contributed by atoms with Crippen LogP contribution in [0.5, 0.6) is 5.75 Å². The SMILES string of the molecule is CCOC(=O)C1=C(C)NC2=C(C(=O)CCC2)[C@@H]1c1ccc(OC)c(Cl)c1. The lowest BCUT2D eigenvalue weighted by Crippen LogP contribution is -2.34. The number of ether oxygens (including phenoxy) is 2. The van der Waals surface area contributed by atoms with Crippen molar-refractivity contribution in [2.24, 2.45) is 0 Å². The molecule has 1 aromatic rings. The summed E-state index contributed by atoms with van der Waals surface area (Å²) in [5.74, 6) is -0.294. The molecule has 1 atom stereocenters. The minimum Gasteiger partial charge on any atom is -0.495 e. The highest BCUT2D eigenvalue weighted by atomic mass is 35.5. The zero-order chi connectivity index (χ0) is 18.8. The highest BCUT2D eigenvalue weighted by Crippen LogP contribution is 2.43. The first-order chi connectivity index (χ1) is 12.5. The van der Waals surface area contributed by atoms with Crippen LogP contribution in [-0.4, -0.2) is 25.5 Å².